The second kappa shape index (κ2) is 7.11. The van der Waals surface area contributed by atoms with Gasteiger partial charge in [-0.2, -0.15) is 5.26 Å². The highest BCUT2D eigenvalue weighted by Crippen LogP contribution is 2.28. The van der Waals surface area contributed by atoms with Gasteiger partial charge in [-0.3, -0.25) is 0 Å². The lowest BCUT2D eigenvalue weighted by molar-refractivity contribution is 0.221. The van der Waals surface area contributed by atoms with Gasteiger partial charge in [-0.15, -0.1) is 0 Å². The Labute approximate surface area is 113 Å². The highest BCUT2D eigenvalue weighted by molar-refractivity contribution is 5.05. The number of hydrogen-bond donors (Lipinski definition) is 1. The lowest BCUT2D eigenvalue weighted by atomic mass is 9.92. The van der Waals surface area contributed by atoms with E-state index < -0.39 is 0 Å². The van der Waals surface area contributed by atoms with E-state index in [1.807, 2.05) is 7.05 Å². The fraction of sp³-hybridized carbons (Fsp3) is 0.933. The lowest BCUT2D eigenvalue weighted by Gasteiger charge is -2.28. The summed E-state index contributed by atoms with van der Waals surface area (Å²) in [6.45, 7) is 9.01. The lowest BCUT2D eigenvalue weighted by Crippen LogP contribution is -2.42. The average molecular weight is 251 g/mol. The number of nitrogens with zero attached hydrogens (tertiary/aromatic N) is 2. The molecule has 1 N–H and O–H groups in total. The van der Waals surface area contributed by atoms with Crippen molar-refractivity contribution in [2.24, 2.45) is 5.92 Å². The second-order valence-corrected chi connectivity index (χ2v) is 6.02. The van der Waals surface area contributed by atoms with Crippen LogP contribution in [0.5, 0.6) is 0 Å². The smallest absolute Gasteiger partial charge is 0.106 e. The van der Waals surface area contributed by atoms with Crippen LogP contribution in [0.15, 0.2) is 0 Å². The standard InChI is InChI=1S/C15H29N3/c1-5-15(12-16,17-4)9-6-10-18(11-13(2)3)14-7-8-14/h13-14,17H,5-11H2,1-4H3. The molecule has 0 aromatic rings. The van der Waals surface area contributed by atoms with Gasteiger partial charge in [-0.1, -0.05) is 20.8 Å². The van der Waals surface area contributed by atoms with Gasteiger partial charge in [0.25, 0.3) is 0 Å². The van der Waals surface area contributed by atoms with Crippen LogP contribution in [0.3, 0.4) is 0 Å². The fourth-order valence-corrected chi connectivity index (χ4v) is 2.58. The molecule has 1 aliphatic rings. The van der Waals surface area contributed by atoms with Crippen LogP contribution in [-0.2, 0) is 0 Å². The van der Waals surface area contributed by atoms with E-state index in [4.69, 9.17) is 0 Å². The quantitative estimate of drug-likeness (QED) is 0.685. The molecule has 0 aromatic heterocycles. The largest absolute Gasteiger partial charge is 0.302 e. The predicted molar refractivity (Wildman–Crippen MR) is 76.4 cm³/mol. The van der Waals surface area contributed by atoms with Crippen molar-refractivity contribution in [3.63, 3.8) is 0 Å². The third-order valence-electron chi connectivity index (χ3n) is 4.01. The molecule has 1 rings (SSSR count). The van der Waals surface area contributed by atoms with E-state index in [2.05, 4.69) is 37.1 Å². The monoisotopic (exact) mass is 251 g/mol. The molecule has 1 fully saturated rings. The summed E-state index contributed by atoms with van der Waals surface area (Å²) in [7, 11) is 1.90. The van der Waals surface area contributed by atoms with Crippen LogP contribution in [0.1, 0.15) is 52.9 Å². The topological polar surface area (TPSA) is 39.1 Å². The number of nitrogens with one attached hydrogen (secondary N) is 1. The van der Waals surface area contributed by atoms with E-state index >= 15 is 0 Å². The first-order valence-corrected chi connectivity index (χ1v) is 7.41. The maximum Gasteiger partial charge on any atom is 0.106 e. The molecular formula is C15H29N3. The van der Waals surface area contributed by atoms with Gasteiger partial charge in [0.15, 0.2) is 0 Å². The zero-order chi connectivity index (χ0) is 13.6. The zero-order valence-corrected chi connectivity index (χ0v) is 12.5. The van der Waals surface area contributed by atoms with Crippen molar-refractivity contribution < 1.29 is 0 Å². The van der Waals surface area contributed by atoms with Gasteiger partial charge in [0.1, 0.15) is 5.54 Å². The Morgan fingerprint density at radius 1 is 1.44 bits per heavy atom. The Morgan fingerprint density at radius 3 is 2.50 bits per heavy atom. The van der Waals surface area contributed by atoms with Crippen molar-refractivity contribution >= 4 is 0 Å². The molecule has 1 aliphatic carbocycles. The molecule has 0 saturated heterocycles. The maximum atomic E-state index is 9.28. The normalized spacial score (nSPS) is 18.9. The van der Waals surface area contributed by atoms with Crippen LogP contribution >= 0.6 is 0 Å². The Kier molecular flexibility index (Phi) is 6.11. The summed E-state index contributed by atoms with van der Waals surface area (Å²) < 4.78 is 0. The van der Waals surface area contributed by atoms with Gasteiger partial charge >= 0.3 is 0 Å². The van der Waals surface area contributed by atoms with Crippen LogP contribution in [0.25, 0.3) is 0 Å². The van der Waals surface area contributed by atoms with Crippen molar-refractivity contribution in [1.29, 1.82) is 5.26 Å². The molecule has 1 atom stereocenters. The van der Waals surface area contributed by atoms with Crippen LogP contribution in [0.4, 0.5) is 0 Å². The van der Waals surface area contributed by atoms with Crippen LogP contribution in [-0.4, -0.2) is 36.6 Å². The third-order valence-corrected chi connectivity index (χ3v) is 4.01. The Morgan fingerprint density at radius 2 is 2.11 bits per heavy atom. The Hall–Kier alpha value is -0.590. The van der Waals surface area contributed by atoms with Gasteiger partial charge in [0, 0.05) is 12.6 Å². The Balaban J connectivity index is 2.36. The first-order chi connectivity index (χ1) is 8.56. The minimum absolute atomic E-state index is 0.312. The van der Waals surface area contributed by atoms with Gasteiger partial charge < -0.3 is 10.2 Å². The summed E-state index contributed by atoms with van der Waals surface area (Å²) in [6.07, 6.45) is 5.70. The molecule has 0 bridgehead atoms. The molecule has 0 aromatic carbocycles. The SMILES string of the molecule is CCC(C#N)(CCCN(CC(C)C)C1CC1)NC. The van der Waals surface area contributed by atoms with Gasteiger partial charge in [-0.05, 0) is 51.6 Å². The number of rotatable bonds is 9. The van der Waals surface area contributed by atoms with Crippen molar-refractivity contribution in [1.82, 2.24) is 10.2 Å². The van der Waals surface area contributed by atoms with E-state index in [9.17, 15) is 5.26 Å². The van der Waals surface area contributed by atoms with E-state index in [0.29, 0.717) is 0 Å². The number of hydrogen-bond acceptors (Lipinski definition) is 3. The van der Waals surface area contributed by atoms with Crippen molar-refractivity contribution in [2.75, 3.05) is 20.1 Å². The van der Waals surface area contributed by atoms with Crippen molar-refractivity contribution in [3.05, 3.63) is 0 Å². The molecule has 3 nitrogen and oxygen atoms in total. The molecule has 18 heavy (non-hydrogen) atoms. The molecule has 0 spiro atoms. The van der Waals surface area contributed by atoms with Crippen LogP contribution in [0.2, 0.25) is 0 Å². The van der Waals surface area contributed by atoms with Gasteiger partial charge in [-0.25, -0.2) is 0 Å². The molecule has 0 radical (unpaired) electrons. The third kappa shape index (κ3) is 4.59. The predicted octanol–water partition coefficient (Wildman–Crippen LogP) is 2.78. The van der Waals surface area contributed by atoms with E-state index in [1.165, 1.54) is 19.4 Å². The first-order valence-electron chi connectivity index (χ1n) is 7.41. The molecule has 3 heteroatoms. The van der Waals surface area contributed by atoms with Crippen LogP contribution in [0, 0.1) is 17.2 Å². The Bertz CT molecular complexity index is 272. The molecule has 0 heterocycles. The van der Waals surface area contributed by atoms with Gasteiger partial charge in [0.05, 0.1) is 6.07 Å². The van der Waals surface area contributed by atoms with E-state index in [-0.39, 0.29) is 5.54 Å². The maximum absolute atomic E-state index is 9.28. The molecule has 0 aliphatic heterocycles. The minimum Gasteiger partial charge on any atom is -0.302 e. The van der Waals surface area contributed by atoms with E-state index in [0.717, 1.165) is 37.8 Å². The summed E-state index contributed by atoms with van der Waals surface area (Å²) in [5, 5.41) is 12.5. The average Bonchev–Trinajstić information content (AvgIpc) is 3.17. The van der Waals surface area contributed by atoms with Crippen LogP contribution < -0.4 is 5.32 Å². The molecule has 0 amide bonds. The zero-order valence-electron chi connectivity index (χ0n) is 12.5. The van der Waals surface area contributed by atoms with Gasteiger partial charge in [0.2, 0.25) is 0 Å². The van der Waals surface area contributed by atoms with Crippen molar-refractivity contribution in [2.45, 2.75) is 64.5 Å². The second-order valence-electron chi connectivity index (χ2n) is 6.02. The fourth-order valence-electron chi connectivity index (χ4n) is 2.58. The molecule has 104 valence electrons. The summed E-state index contributed by atoms with van der Waals surface area (Å²) in [5.41, 5.74) is -0.312. The summed E-state index contributed by atoms with van der Waals surface area (Å²) in [5.74, 6) is 0.738. The van der Waals surface area contributed by atoms with Crippen molar-refractivity contribution in [3.8, 4) is 6.07 Å². The summed E-state index contributed by atoms with van der Waals surface area (Å²) >= 11 is 0. The first kappa shape index (κ1) is 15.5. The number of nitriles is 1. The summed E-state index contributed by atoms with van der Waals surface area (Å²) in [4.78, 5) is 2.62. The molecular weight excluding hydrogens is 222 g/mol. The highest BCUT2D eigenvalue weighted by Gasteiger charge is 2.30. The molecule has 1 saturated carbocycles. The molecule has 1 unspecified atom stereocenters. The minimum atomic E-state index is -0.312. The highest BCUT2D eigenvalue weighted by atomic mass is 15.2. The van der Waals surface area contributed by atoms with E-state index in [1.54, 1.807) is 0 Å². The summed E-state index contributed by atoms with van der Waals surface area (Å²) in [6, 6.07) is 3.28.